The zero-order valence-corrected chi connectivity index (χ0v) is 17.3. The normalized spacial score (nSPS) is 19.6. The summed E-state index contributed by atoms with van der Waals surface area (Å²) in [5, 5.41) is 16.5. The van der Waals surface area contributed by atoms with Crippen LogP contribution in [0.25, 0.3) is 0 Å². The van der Waals surface area contributed by atoms with Crippen molar-refractivity contribution >= 4 is 23.4 Å². The number of rotatable bonds is 5. The first-order valence-electron chi connectivity index (χ1n) is 10.2. The first kappa shape index (κ1) is 20.5. The van der Waals surface area contributed by atoms with Gasteiger partial charge in [0.15, 0.2) is 5.82 Å². The van der Waals surface area contributed by atoms with Crippen LogP contribution in [0.3, 0.4) is 0 Å². The van der Waals surface area contributed by atoms with Gasteiger partial charge >= 0.3 is 6.03 Å². The van der Waals surface area contributed by atoms with Crippen molar-refractivity contribution in [2.24, 2.45) is 5.92 Å². The number of carbonyl (C=O) groups excluding carboxylic acids is 1. The summed E-state index contributed by atoms with van der Waals surface area (Å²) in [6, 6.07) is 6.06. The molecule has 0 radical (unpaired) electrons. The molecule has 9 heteroatoms. The van der Waals surface area contributed by atoms with Crippen LogP contribution in [0.15, 0.2) is 30.5 Å². The molecule has 2 amide bonds. The van der Waals surface area contributed by atoms with Gasteiger partial charge in [0.2, 0.25) is 0 Å². The third kappa shape index (κ3) is 3.95. The number of hydrogen-bond acceptors (Lipinski definition) is 6. The number of urea groups is 1. The van der Waals surface area contributed by atoms with Gasteiger partial charge in [-0.1, -0.05) is 13.8 Å². The molecule has 2 aromatic heterocycles. The molecule has 0 saturated carbocycles. The first-order chi connectivity index (χ1) is 14.3. The van der Waals surface area contributed by atoms with Crippen LogP contribution in [0.4, 0.5) is 26.5 Å². The standard InChI is InChI=1S/C21H27FN6O2/c1-12(2)13(3)24-20(29)16-5-6-17-19(25-16)28(15-8-9-27(17)11-15)21(30)26-18-7-4-14(22)10-23-18/h4-7,10,12-13,15,20,24,29H,8-9,11H2,1-3H3,(H,23,26,30)/t13-,15+,20?/m1/s1. The summed E-state index contributed by atoms with van der Waals surface area (Å²) in [4.78, 5) is 25.5. The highest BCUT2D eigenvalue weighted by Gasteiger charge is 2.40. The maximum Gasteiger partial charge on any atom is 0.329 e. The van der Waals surface area contributed by atoms with Gasteiger partial charge < -0.3 is 10.0 Å². The predicted molar refractivity (Wildman–Crippen MR) is 113 cm³/mol. The maximum absolute atomic E-state index is 13.1. The molecule has 0 aliphatic carbocycles. The van der Waals surface area contributed by atoms with Crippen molar-refractivity contribution in [2.45, 2.75) is 45.5 Å². The molecule has 2 bridgehead atoms. The van der Waals surface area contributed by atoms with Crippen molar-refractivity contribution in [3.63, 3.8) is 0 Å². The Morgan fingerprint density at radius 2 is 2.07 bits per heavy atom. The summed E-state index contributed by atoms with van der Waals surface area (Å²) in [5.41, 5.74) is 1.32. The molecule has 2 aliphatic heterocycles. The zero-order chi connectivity index (χ0) is 21.4. The van der Waals surface area contributed by atoms with Crippen molar-refractivity contribution < 1.29 is 14.3 Å². The van der Waals surface area contributed by atoms with Gasteiger partial charge in [0.1, 0.15) is 17.9 Å². The molecule has 2 aromatic rings. The Morgan fingerprint density at radius 1 is 1.27 bits per heavy atom. The summed E-state index contributed by atoms with van der Waals surface area (Å²) in [6.07, 6.45) is 0.943. The minimum atomic E-state index is -0.939. The van der Waals surface area contributed by atoms with E-state index in [0.717, 1.165) is 31.4 Å². The quantitative estimate of drug-likeness (QED) is 0.652. The minimum Gasteiger partial charge on any atom is -0.373 e. The largest absolute Gasteiger partial charge is 0.373 e. The molecule has 2 aliphatic rings. The Morgan fingerprint density at radius 3 is 2.77 bits per heavy atom. The average Bonchev–Trinajstić information content (AvgIpc) is 3.13. The molecule has 4 rings (SSSR count). The number of pyridine rings is 2. The van der Waals surface area contributed by atoms with E-state index >= 15 is 0 Å². The van der Waals surface area contributed by atoms with Crippen LogP contribution in [0.5, 0.6) is 0 Å². The summed E-state index contributed by atoms with van der Waals surface area (Å²) < 4.78 is 13.1. The number of anilines is 3. The number of halogens is 1. The molecule has 1 saturated heterocycles. The molecule has 3 atom stereocenters. The number of carbonyl (C=O) groups is 1. The van der Waals surface area contributed by atoms with Crippen molar-refractivity contribution in [1.82, 2.24) is 15.3 Å². The lowest BCUT2D eigenvalue weighted by Crippen LogP contribution is -2.48. The fourth-order valence-corrected chi connectivity index (χ4v) is 3.78. The highest BCUT2D eigenvalue weighted by molar-refractivity contribution is 6.04. The van der Waals surface area contributed by atoms with Gasteiger partial charge in [-0.2, -0.15) is 0 Å². The Balaban J connectivity index is 1.61. The van der Waals surface area contributed by atoms with E-state index in [1.54, 1.807) is 11.0 Å². The number of amides is 2. The van der Waals surface area contributed by atoms with Crippen LogP contribution in [-0.2, 0) is 0 Å². The molecule has 30 heavy (non-hydrogen) atoms. The van der Waals surface area contributed by atoms with Crippen LogP contribution < -0.4 is 20.4 Å². The van der Waals surface area contributed by atoms with E-state index in [2.05, 4.69) is 39.3 Å². The van der Waals surface area contributed by atoms with E-state index in [0.29, 0.717) is 17.4 Å². The summed E-state index contributed by atoms with van der Waals surface area (Å²) in [7, 11) is 0. The highest BCUT2D eigenvalue weighted by Crippen LogP contribution is 2.39. The smallest absolute Gasteiger partial charge is 0.329 e. The lowest BCUT2D eigenvalue weighted by Gasteiger charge is -2.36. The molecule has 3 N–H and O–H groups in total. The summed E-state index contributed by atoms with van der Waals surface area (Å²) >= 11 is 0. The number of fused-ring (bicyclic) bond motifs is 4. The van der Waals surface area contributed by atoms with Gasteiger partial charge in [-0.05, 0) is 43.5 Å². The van der Waals surface area contributed by atoms with Crippen molar-refractivity contribution in [3.8, 4) is 0 Å². The van der Waals surface area contributed by atoms with E-state index in [-0.39, 0.29) is 23.9 Å². The Kier molecular flexibility index (Phi) is 5.57. The van der Waals surface area contributed by atoms with E-state index in [1.807, 2.05) is 13.0 Å². The van der Waals surface area contributed by atoms with Gasteiger partial charge in [-0.3, -0.25) is 15.5 Å². The lowest BCUT2D eigenvalue weighted by molar-refractivity contribution is 0.113. The Labute approximate surface area is 175 Å². The van der Waals surface area contributed by atoms with E-state index in [9.17, 15) is 14.3 Å². The van der Waals surface area contributed by atoms with Crippen LogP contribution in [0.2, 0.25) is 0 Å². The molecule has 0 spiro atoms. The molecule has 8 nitrogen and oxygen atoms in total. The van der Waals surface area contributed by atoms with Crippen LogP contribution in [0, 0.1) is 11.7 Å². The maximum atomic E-state index is 13.1. The van der Waals surface area contributed by atoms with E-state index in [1.165, 1.54) is 12.1 Å². The van der Waals surface area contributed by atoms with Gasteiger partial charge in [0.25, 0.3) is 0 Å². The highest BCUT2D eigenvalue weighted by atomic mass is 19.1. The fourth-order valence-electron chi connectivity index (χ4n) is 3.78. The Hall–Kier alpha value is -2.78. The van der Waals surface area contributed by atoms with Gasteiger partial charge in [-0.15, -0.1) is 0 Å². The second kappa shape index (κ2) is 8.16. The number of aliphatic hydroxyl groups is 1. The zero-order valence-electron chi connectivity index (χ0n) is 17.3. The summed E-state index contributed by atoms with van der Waals surface area (Å²) in [6.45, 7) is 7.72. The summed E-state index contributed by atoms with van der Waals surface area (Å²) in [5.74, 6) is 0.668. The Bertz CT molecular complexity index is 922. The average molecular weight is 414 g/mol. The minimum absolute atomic E-state index is 0.0274. The molecule has 1 fully saturated rings. The van der Waals surface area contributed by atoms with Crippen molar-refractivity contribution in [1.29, 1.82) is 0 Å². The van der Waals surface area contributed by atoms with E-state index < -0.39 is 12.0 Å². The van der Waals surface area contributed by atoms with Gasteiger partial charge in [-0.25, -0.2) is 19.2 Å². The number of hydrogen-bond donors (Lipinski definition) is 3. The fraction of sp³-hybridized carbons (Fsp3) is 0.476. The molecular weight excluding hydrogens is 387 g/mol. The predicted octanol–water partition coefficient (Wildman–Crippen LogP) is 2.87. The molecule has 160 valence electrons. The van der Waals surface area contributed by atoms with E-state index in [4.69, 9.17) is 0 Å². The van der Waals surface area contributed by atoms with Crippen LogP contribution in [0.1, 0.15) is 39.1 Å². The van der Waals surface area contributed by atoms with Gasteiger partial charge in [0.05, 0.1) is 23.6 Å². The second-order valence-electron chi connectivity index (χ2n) is 8.23. The number of nitrogens with one attached hydrogen (secondary N) is 2. The first-order valence-corrected chi connectivity index (χ1v) is 10.2. The third-order valence-electron chi connectivity index (χ3n) is 5.86. The van der Waals surface area contributed by atoms with Gasteiger partial charge in [0, 0.05) is 19.1 Å². The monoisotopic (exact) mass is 414 g/mol. The molecule has 1 unspecified atom stereocenters. The molecule has 0 aromatic carbocycles. The number of aliphatic hydroxyl groups excluding tert-OH is 1. The number of nitrogens with zero attached hydrogens (tertiary/aromatic N) is 4. The van der Waals surface area contributed by atoms with Crippen LogP contribution >= 0.6 is 0 Å². The van der Waals surface area contributed by atoms with Crippen molar-refractivity contribution in [2.75, 3.05) is 28.2 Å². The molecular formula is C21H27FN6O2. The van der Waals surface area contributed by atoms with Crippen LogP contribution in [-0.4, -0.2) is 46.3 Å². The SMILES string of the molecule is CC(C)[C@@H](C)NC(O)c1ccc2c(n1)N(C(=O)Nc1ccc(F)cn1)[C@H]1CCN2C1. The van der Waals surface area contributed by atoms with Crippen molar-refractivity contribution in [3.05, 3.63) is 42.0 Å². The lowest BCUT2D eigenvalue weighted by atomic mass is 10.1. The second-order valence-corrected chi connectivity index (χ2v) is 8.23. The topological polar surface area (TPSA) is 93.6 Å². The molecule has 4 heterocycles. The third-order valence-corrected chi connectivity index (χ3v) is 5.86. The number of aromatic nitrogens is 2.